The molecule has 3 heteroatoms. The maximum atomic E-state index is 13.3. The van der Waals surface area contributed by atoms with Crippen molar-refractivity contribution in [3.63, 3.8) is 0 Å². The maximum Gasteiger partial charge on any atom is 0.265 e. The molecule has 0 atom stereocenters. The molecule has 0 radical (unpaired) electrons. The summed E-state index contributed by atoms with van der Waals surface area (Å²) in [6.07, 6.45) is -2.67. The van der Waals surface area contributed by atoms with Crippen LogP contribution in [0, 0.1) is 0 Å². The summed E-state index contributed by atoms with van der Waals surface area (Å²) in [4.78, 5) is -1.78. The largest absolute Gasteiger partial charge is 0.265 e. The van der Waals surface area contributed by atoms with Crippen molar-refractivity contribution in [2.24, 2.45) is 0 Å². The molecule has 0 nitrogen and oxygen atoms in total. The Bertz CT molecular complexity index is 429. The van der Waals surface area contributed by atoms with Crippen molar-refractivity contribution >= 4 is 11.6 Å². The molecule has 0 saturated carbocycles. The fourth-order valence-corrected chi connectivity index (χ4v) is 2.03. The van der Waals surface area contributed by atoms with Crippen molar-refractivity contribution in [3.05, 3.63) is 71.8 Å². The molecule has 2 rings (SSSR count). The first-order chi connectivity index (χ1) is 8.15. The van der Waals surface area contributed by atoms with Gasteiger partial charge in [0, 0.05) is 0 Å². The third kappa shape index (κ3) is 2.18. The molecule has 0 amide bonds. The van der Waals surface area contributed by atoms with Gasteiger partial charge in [0.05, 0.1) is 0 Å². The minimum Gasteiger partial charge on any atom is -0.208 e. The van der Waals surface area contributed by atoms with Gasteiger partial charge >= 0.3 is 0 Å². The van der Waals surface area contributed by atoms with Crippen molar-refractivity contribution in [3.8, 4) is 0 Å². The van der Waals surface area contributed by atoms with Gasteiger partial charge in [-0.3, -0.25) is 0 Å². The lowest BCUT2D eigenvalue weighted by molar-refractivity contribution is 0.111. The van der Waals surface area contributed by atoms with Crippen molar-refractivity contribution in [2.75, 3.05) is 0 Å². The maximum absolute atomic E-state index is 13.3. The molecule has 0 aliphatic rings. The molecular formula is C14H11ClF2. The Morgan fingerprint density at radius 3 is 1.41 bits per heavy atom. The number of halogens is 3. The molecule has 0 N–H and O–H groups in total. The van der Waals surface area contributed by atoms with E-state index in [-0.39, 0.29) is 0 Å². The fourth-order valence-electron chi connectivity index (χ4n) is 1.78. The average Bonchev–Trinajstić information content (AvgIpc) is 2.39. The van der Waals surface area contributed by atoms with Crippen LogP contribution in [0.2, 0.25) is 0 Å². The monoisotopic (exact) mass is 252 g/mol. The lowest BCUT2D eigenvalue weighted by atomic mass is 9.91. The lowest BCUT2D eigenvalue weighted by Gasteiger charge is -2.27. The van der Waals surface area contributed by atoms with Crippen LogP contribution in [0.4, 0.5) is 8.78 Å². The van der Waals surface area contributed by atoms with E-state index in [2.05, 4.69) is 0 Å². The van der Waals surface area contributed by atoms with E-state index in [1.54, 1.807) is 60.7 Å². The molecule has 0 bridgehead atoms. The van der Waals surface area contributed by atoms with E-state index in [4.69, 9.17) is 11.6 Å². The van der Waals surface area contributed by atoms with Crippen LogP contribution >= 0.6 is 11.6 Å². The Balaban J connectivity index is 2.55. The summed E-state index contributed by atoms with van der Waals surface area (Å²) in [6, 6.07) is 16.8. The van der Waals surface area contributed by atoms with Crippen LogP contribution in [0.1, 0.15) is 11.1 Å². The quantitative estimate of drug-likeness (QED) is 0.709. The Morgan fingerprint density at radius 2 is 1.12 bits per heavy atom. The molecule has 0 heterocycles. The summed E-state index contributed by atoms with van der Waals surface area (Å²) in [5.74, 6) is 0. The smallest absolute Gasteiger partial charge is 0.208 e. The molecule has 0 fully saturated rings. The van der Waals surface area contributed by atoms with Crippen LogP contribution < -0.4 is 0 Å². The predicted octanol–water partition coefficient (Wildman–Crippen LogP) is 4.43. The van der Waals surface area contributed by atoms with Gasteiger partial charge in [0.1, 0.15) is 0 Å². The average molecular weight is 253 g/mol. The van der Waals surface area contributed by atoms with E-state index < -0.39 is 11.3 Å². The van der Waals surface area contributed by atoms with Crippen molar-refractivity contribution < 1.29 is 8.78 Å². The second-order valence-electron chi connectivity index (χ2n) is 3.74. The Morgan fingerprint density at radius 1 is 0.765 bits per heavy atom. The van der Waals surface area contributed by atoms with Gasteiger partial charge in [-0.2, -0.15) is 0 Å². The SMILES string of the molecule is FC(F)C(Cl)(c1ccccc1)c1ccccc1. The van der Waals surface area contributed by atoms with E-state index in [0.29, 0.717) is 11.1 Å². The number of hydrogen-bond donors (Lipinski definition) is 0. The zero-order valence-electron chi connectivity index (χ0n) is 8.98. The highest BCUT2D eigenvalue weighted by atomic mass is 35.5. The highest BCUT2D eigenvalue weighted by Gasteiger charge is 2.41. The van der Waals surface area contributed by atoms with Gasteiger partial charge in [0.15, 0.2) is 4.87 Å². The van der Waals surface area contributed by atoms with Crippen LogP contribution in [0.15, 0.2) is 60.7 Å². The van der Waals surface area contributed by atoms with Gasteiger partial charge < -0.3 is 0 Å². The second-order valence-corrected chi connectivity index (χ2v) is 4.34. The van der Waals surface area contributed by atoms with E-state index in [1.165, 1.54) is 0 Å². The molecule has 2 aromatic rings. The first kappa shape index (κ1) is 12.1. The minimum absolute atomic E-state index is 0.405. The predicted molar refractivity (Wildman–Crippen MR) is 65.5 cm³/mol. The molecule has 0 aliphatic heterocycles. The first-order valence-electron chi connectivity index (χ1n) is 5.24. The number of benzene rings is 2. The third-order valence-corrected chi connectivity index (χ3v) is 3.29. The van der Waals surface area contributed by atoms with Gasteiger partial charge in [-0.05, 0) is 11.1 Å². The minimum atomic E-state index is -2.67. The molecule has 0 saturated heterocycles. The summed E-state index contributed by atoms with van der Waals surface area (Å²) in [5, 5.41) is 0. The van der Waals surface area contributed by atoms with Crippen molar-refractivity contribution in [1.82, 2.24) is 0 Å². The molecular weight excluding hydrogens is 242 g/mol. The summed E-state index contributed by atoms with van der Waals surface area (Å²) in [7, 11) is 0. The Labute approximate surface area is 104 Å². The summed E-state index contributed by atoms with van der Waals surface area (Å²) < 4.78 is 26.6. The molecule has 0 spiro atoms. The molecule has 17 heavy (non-hydrogen) atoms. The van der Waals surface area contributed by atoms with E-state index in [9.17, 15) is 8.78 Å². The fraction of sp³-hybridized carbons (Fsp3) is 0.143. The lowest BCUT2D eigenvalue weighted by Crippen LogP contribution is -2.29. The zero-order chi connectivity index (χ0) is 12.3. The molecule has 2 aromatic carbocycles. The summed E-state index contributed by atoms with van der Waals surface area (Å²) >= 11 is 6.17. The topological polar surface area (TPSA) is 0 Å². The molecule has 0 aliphatic carbocycles. The Kier molecular flexibility index (Phi) is 3.43. The standard InChI is InChI=1S/C14H11ClF2/c15-14(13(16)17,11-7-3-1-4-8-11)12-9-5-2-6-10-12/h1-10,13H. The van der Waals surface area contributed by atoms with Crippen LogP contribution in [0.5, 0.6) is 0 Å². The van der Waals surface area contributed by atoms with Crippen molar-refractivity contribution in [2.45, 2.75) is 11.3 Å². The van der Waals surface area contributed by atoms with Crippen LogP contribution in [-0.4, -0.2) is 6.43 Å². The molecule has 0 unspecified atom stereocenters. The van der Waals surface area contributed by atoms with E-state index in [0.717, 1.165) is 0 Å². The van der Waals surface area contributed by atoms with Gasteiger partial charge in [-0.25, -0.2) is 8.78 Å². The zero-order valence-corrected chi connectivity index (χ0v) is 9.74. The normalized spacial score (nSPS) is 11.8. The highest BCUT2D eigenvalue weighted by Crippen LogP contribution is 2.41. The van der Waals surface area contributed by atoms with Crippen molar-refractivity contribution in [1.29, 1.82) is 0 Å². The van der Waals surface area contributed by atoms with Gasteiger partial charge in [0.25, 0.3) is 6.43 Å². The summed E-state index contributed by atoms with van der Waals surface area (Å²) in [5.41, 5.74) is 0.811. The van der Waals surface area contributed by atoms with Gasteiger partial charge in [-0.1, -0.05) is 60.7 Å². The number of alkyl halides is 3. The third-order valence-electron chi connectivity index (χ3n) is 2.69. The van der Waals surface area contributed by atoms with Gasteiger partial charge in [0.2, 0.25) is 0 Å². The number of hydrogen-bond acceptors (Lipinski definition) is 0. The van der Waals surface area contributed by atoms with Crippen LogP contribution in [0.25, 0.3) is 0 Å². The van der Waals surface area contributed by atoms with Gasteiger partial charge in [-0.15, -0.1) is 11.6 Å². The molecule has 0 aromatic heterocycles. The highest BCUT2D eigenvalue weighted by molar-refractivity contribution is 6.26. The second kappa shape index (κ2) is 4.84. The Hall–Kier alpha value is -1.41. The summed E-state index contributed by atoms with van der Waals surface area (Å²) in [6.45, 7) is 0. The van der Waals surface area contributed by atoms with Crippen LogP contribution in [0.3, 0.4) is 0 Å². The van der Waals surface area contributed by atoms with E-state index in [1.807, 2.05) is 0 Å². The number of rotatable bonds is 3. The van der Waals surface area contributed by atoms with E-state index >= 15 is 0 Å². The van der Waals surface area contributed by atoms with Crippen LogP contribution in [-0.2, 0) is 4.87 Å². The molecule has 88 valence electrons. The first-order valence-corrected chi connectivity index (χ1v) is 5.61.